The fourth-order valence-corrected chi connectivity index (χ4v) is 3.36. The minimum Gasteiger partial charge on any atom is -0.457 e. The molecule has 0 aliphatic carbocycles. The van der Waals surface area contributed by atoms with E-state index in [2.05, 4.69) is 15.0 Å². The summed E-state index contributed by atoms with van der Waals surface area (Å²) in [7, 11) is 0. The van der Waals surface area contributed by atoms with E-state index in [1.165, 1.54) is 0 Å². The van der Waals surface area contributed by atoms with E-state index in [9.17, 15) is 0 Å². The van der Waals surface area contributed by atoms with Crippen molar-refractivity contribution in [1.29, 1.82) is 0 Å². The van der Waals surface area contributed by atoms with E-state index in [-0.39, 0.29) is 5.28 Å². The summed E-state index contributed by atoms with van der Waals surface area (Å²) in [6, 6.07) is 34.3. The summed E-state index contributed by atoms with van der Waals surface area (Å²) in [5.74, 6) is 3.96. The van der Waals surface area contributed by atoms with Crippen molar-refractivity contribution < 1.29 is 9.47 Å². The highest BCUT2D eigenvalue weighted by molar-refractivity contribution is 6.28. The Bertz CT molecular complexity index is 1240. The van der Waals surface area contributed by atoms with Crippen LogP contribution in [0.3, 0.4) is 0 Å². The second-order valence-electron chi connectivity index (χ2n) is 7.13. The molecule has 0 saturated heterocycles. The maximum atomic E-state index is 6.22. The van der Waals surface area contributed by atoms with Crippen molar-refractivity contribution in [3.63, 3.8) is 0 Å². The predicted octanol–water partition coefficient (Wildman–Crippen LogP) is 7.44. The first-order valence-corrected chi connectivity index (χ1v) is 10.7. The van der Waals surface area contributed by atoms with Crippen molar-refractivity contribution in [2.24, 2.45) is 0 Å². The second kappa shape index (κ2) is 9.51. The van der Waals surface area contributed by atoms with Crippen LogP contribution in [0.15, 0.2) is 109 Å². The van der Waals surface area contributed by atoms with E-state index in [0.29, 0.717) is 11.6 Å². The Labute approximate surface area is 196 Å². The quantitative estimate of drug-likeness (QED) is 0.268. The first-order chi connectivity index (χ1) is 16.2. The number of nitrogens with zero attached hydrogens (tertiary/aromatic N) is 3. The lowest BCUT2D eigenvalue weighted by atomic mass is 10.2. The molecule has 5 rings (SSSR count). The van der Waals surface area contributed by atoms with Gasteiger partial charge in [0.2, 0.25) is 5.28 Å². The monoisotopic (exact) mass is 451 g/mol. The molecule has 0 aliphatic rings. The number of rotatable bonds is 6. The van der Waals surface area contributed by atoms with Gasteiger partial charge in [0, 0.05) is 11.1 Å². The molecule has 0 amide bonds. The van der Waals surface area contributed by atoms with Gasteiger partial charge in [-0.15, -0.1) is 0 Å². The van der Waals surface area contributed by atoms with Crippen molar-refractivity contribution in [2.45, 2.75) is 0 Å². The van der Waals surface area contributed by atoms with E-state index in [4.69, 9.17) is 21.1 Å². The molecule has 0 radical (unpaired) electrons. The minimum absolute atomic E-state index is 0.129. The lowest BCUT2D eigenvalue weighted by Crippen LogP contribution is -1.97. The highest BCUT2D eigenvalue weighted by Crippen LogP contribution is 2.28. The number of hydrogen-bond donors (Lipinski definition) is 0. The molecule has 4 aromatic carbocycles. The molecule has 0 unspecified atom stereocenters. The maximum absolute atomic E-state index is 6.22. The first-order valence-electron chi connectivity index (χ1n) is 10.3. The minimum atomic E-state index is 0.129. The zero-order valence-electron chi connectivity index (χ0n) is 17.4. The smallest absolute Gasteiger partial charge is 0.226 e. The molecule has 1 heterocycles. The summed E-state index contributed by atoms with van der Waals surface area (Å²) in [6.07, 6.45) is 0. The van der Waals surface area contributed by atoms with Crippen molar-refractivity contribution in [3.05, 3.63) is 114 Å². The number of para-hydroxylation sites is 2. The molecule has 1 aromatic heterocycles. The molecule has 0 fully saturated rings. The van der Waals surface area contributed by atoms with E-state index >= 15 is 0 Å². The van der Waals surface area contributed by atoms with Gasteiger partial charge in [0.25, 0.3) is 0 Å². The number of hydrogen-bond acceptors (Lipinski definition) is 5. The van der Waals surface area contributed by atoms with Crippen molar-refractivity contribution in [3.8, 4) is 45.8 Å². The zero-order valence-corrected chi connectivity index (χ0v) is 18.2. The normalized spacial score (nSPS) is 10.6. The maximum Gasteiger partial charge on any atom is 0.226 e. The molecule has 33 heavy (non-hydrogen) atoms. The van der Waals surface area contributed by atoms with Crippen LogP contribution >= 0.6 is 11.6 Å². The summed E-state index contributed by atoms with van der Waals surface area (Å²) in [5, 5.41) is 0.129. The Morgan fingerprint density at radius 1 is 0.424 bits per heavy atom. The van der Waals surface area contributed by atoms with E-state index in [1.807, 2.05) is 109 Å². The number of halogens is 1. The molecule has 5 aromatic rings. The van der Waals surface area contributed by atoms with Crippen LogP contribution < -0.4 is 9.47 Å². The molecule has 0 saturated carbocycles. The van der Waals surface area contributed by atoms with Crippen molar-refractivity contribution in [2.75, 3.05) is 0 Å². The Kier molecular flexibility index (Phi) is 5.95. The molecule has 0 atom stereocenters. The average Bonchev–Trinajstić information content (AvgIpc) is 2.86. The van der Waals surface area contributed by atoms with Gasteiger partial charge in [0.1, 0.15) is 23.0 Å². The Morgan fingerprint density at radius 2 is 0.788 bits per heavy atom. The zero-order chi connectivity index (χ0) is 22.5. The molecular weight excluding hydrogens is 434 g/mol. The predicted molar refractivity (Wildman–Crippen MR) is 129 cm³/mol. The lowest BCUT2D eigenvalue weighted by molar-refractivity contribution is 0.482. The van der Waals surface area contributed by atoms with E-state index < -0.39 is 0 Å². The third-order valence-corrected chi connectivity index (χ3v) is 4.96. The van der Waals surface area contributed by atoms with Crippen LogP contribution in [0, 0.1) is 0 Å². The molecule has 0 N–H and O–H groups in total. The van der Waals surface area contributed by atoms with E-state index in [0.717, 1.165) is 34.1 Å². The number of ether oxygens (including phenoxy) is 2. The van der Waals surface area contributed by atoms with E-state index in [1.54, 1.807) is 0 Å². The molecule has 0 bridgehead atoms. The molecule has 6 heteroatoms. The van der Waals surface area contributed by atoms with Crippen LogP contribution in [0.1, 0.15) is 0 Å². The number of benzene rings is 4. The van der Waals surface area contributed by atoms with Gasteiger partial charge in [-0.05, 0) is 84.4 Å². The van der Waals surface area contributed by atoms with Gasteiger partial charge in [-0.3, -0.25) is 0 Å². The van der Waals surface area contributed by atoms with Gasteiger partial charge in [-0.2, -0.15) is 9.97 Å². The van der Waals surface area contributed by atoms with Gasteiger partial charge in [0.15, 0.2) is 11.6 Å². The second-order valence-corrected chi connectivity index (χ2v) is 7.47. The summed E-state index contributed by atoms with van der Waals surface area (Å²) in [4.78, 5) is 13.2. The van der Waals surface area contributed by atoms with Crippen LogP contribution in [-0.2, 0) is 0 Å². The molecule has 160 valence electrons. The molecule has 0 spiro atoms. The van der Waals surface area contributed by atoms with Gasteiger partial charge in [0.05, 0.1) is 0 Å². The molecule has 0 aliphatic heterocycles. The summed E-state index contributed by atoms with van der Waals surface area (Å²) in [5.41, 5.74) is 1.62. The number of aromatic nitrogens is 3. The van der Waals surface area contributed by atoms with Gasteiger partial charge in [-0.1, -0.05) is 36.4 Å². The third-order valence-electron chi connectivity index (χ3n) is 4.79. The highest BCUT2D eigenvalue weighted by Gasteiger charge is 2.10. The summed E-state index contributed by atoms with van der Waals surface area (Å²) in [6.45, 7) is 0. The Balaban J connectivity index is 1.36. The van der Waals surface area contributed by atoms with Crippen LogP contribution in [0.5, 0.6) is 23.0 Å². The fourth-order valence-electron chi connectivity index (χ4n) is 3.20. The Hall–Kier alpha value is -4.22. The summed E-state index contributed by atoms with van der Waals surface area (Å²) < 4.78 is 11.7. The average molecular weight is 452 g/mol. The van der Waals surface area contributed by atoms with Crippen LogP contribution in [0.4, 0.5) is 0 Å². The van der Waals surface area contributed by atoms with Crippen molar-refractivity contribution >= 4 is 11.6 Å². The SMILES string of the molecule is Clc1nc(-c2ccc(Oc3ccccc3)cc2)nc(-c2ccc(Oc3ccccc3)cc2)n1. The first kappa shape index (κ1) is 20.7. The van der Waals surface area contributed by atoms with Crippen molar-refractivity contribution in [1.82, 2.24) is 15.0 Å². The molecule has 5 nitrogen and oxygen atoms in total. The van der Waals surface area contributed by atoms with Crippen LogP contribution in [0.2, 0.25) is 5.28 Å². The topological polar surface area (TPSA) is 57.1 Å². The van der Waals surface area contributed by atoms with Crippen LogP contribution in [-0.4, -0.2) is 15.0 Å². The Morgan fingerprint density at radius 3 is 1.18 bits per heavy atom. The van der Waals surface area contributed by atoms with Gasteiger partial charge < -0.3 is 9.47 Å². The standard InChI is InChI=1S/C27H18ClN3O2/c28-27-30-25(19-11-15-23(16-12-19)32-21-7-3-1-4-8-21)29-26(31-27)20-13-17-24(18-14-20)33-22-9-5-2-6-10-22/h1-18H. The lowest BCUT2D eigenvalue weighted by Gasteiger charge is -2.08. The van der Waals surface area contributed by atoms with Gasteiger partial charge in [-0.25, -0.2) is 4.98 Å². The fraction of sp³-hybridized carbons (Fsp3) is 0. The highest BCUT2D eigenvalue weighted by atomic mass is 35.5. The largest absolute Gasteiger partial charge is 0.457 e. The summed E-state index contributed by atoms with van der Waals surface area (Å²) >= 11 is 6.22. The van der Waals surface area contributed by atoms with Crippen LogP contribution in [0.25, 0.3) is 22.8 Å². The molecular formula is C27H18ClN3O2. The third kappa shape index (κ3) is 5.17. The van der Waals surface area contributed by atoms with Gasteiger partial charge >= 0.3 is 0 Å².